The Morgan fingerprint density at radius 1 is 1.08 bits per heavy atom. The summed E-state index contributed by atoms with van der Waals surface area (Å²) in [5.41, 5.74) is 0.483. The second-order valence-corrected chi connectivity index (χ2v) is 7.17. The van der Waals surface area contributed by atoms with Crippen molar-refractivity contribution in [2.24, 2.45) is 10.2 Å². The van der Waals surface area contributed by atoms with E-state index < -0.39 is 22.5 Å². The number of hydrogen-bond acceptors (Lipinski definition) is 11. The molecule has 0 radical (unpaired) electrons. The molecule has 4 rings (SSSR count). The van der Waals surface area contributed by atoms with E-state index in [0.717, 1.165) is 0 Å². The molecule has 36 heavy (non-hydrogen) atoms. The van der Waals surface area contributed by atoms with Crippen molar-refractivity contribution >= 4 is 40.6 Å². The fraction of sp³-hybridized carbons (Fsp3) is 0.0455. The summed E-state index contributed by atoms with van der Waals surface area (Å²) in [4.78, 5) is 42.4. The van der Waals surface area contributed by atoms with Gasteiger partial charge in [-0.25, -0.2) is 0 Å². The van der Waals surface area contributed by atoms with E-state index in [1.54, 1.807) is 12.1 Å². The third-order valence-electron chi connectivity index (χ3n) is 4.56. The number of benzene rings is 2. The summed E-state index contributed by atoms with van der Waals surface area (Å²) in [6.45, 7) is 1.25. The number of azo groups is 1. The molecule has 0 saturated carbocycles. The van der Waals surface area contributed by atoms with Crippen molar-refractivity contribution in [1.82, 2.24) is 15.1 Å². The van der Waals surface area contributed by atoms with Crippen molar-refractivity contribution in [3.63, 3.8) is 0 Å². The molecule has 0 saturated heterocycles. The molecule has 0 spiro atoms. The number of hydrogen-bond donors (Lipinski definition) is 3. The first-order valence-corrected chi connectivity index (χ1v) is 10.2. The maximum Gasteiger partial charge on any atom is 0.366 e. The largest absolute Gasteiger partial charge is 0.504 e. The monoisotopic (exact) mass is 488 g/mol. The summed E-state index contributed by atoms with van der Waals surface area (Å²) in [7, 11) is 0. The van der Waals surface area contributed by atoms with Gasteiger partial charge >= 0.3 is 6.01 Å². The minimum Gasteiger partial charge on any atom is -0.504 e. The van der Waals surface area contributed by atoms with Crippen molar-refractivity contribution < 1.29 is 24.1 Å². The zero-order valence-electron chi connectivity index (χ0n) is 18.4. The van der Waals surface area contributed by atoms with Gasteiger partial charge in [0.05, 0.1) is 27.5 Å². The van der Waals surface area contributed by atoms with E-state index in [-0.39, 0.29) is 40.2 Å². The maximum absolute atomic E-state index is 12.5. The quantitative estimate of drug-likeness (QED) is 0.146. The lowest BCUT2D eigenvalue weighted by Gasteiger charge is -2.12. The lowest BCUT2D eigenvalue weighted by atomic mass is 10.2. The molecule has 180 valence electrons. The highest BCUT2D eigenvalue weighted by molar-refractivity contribution is 6.06. The van der Waals surface area contributed by atoms with Crippen LogP contribution in [0.1, 0.15) is 17.3 Å². The van der Waals surface area contributed by atoms with Crippen LogP contribution in [0, 0.1) is 10.1 Å². The minimum absolute atomic E-state index is 0.0248. The molecule has 0 atom stereocenters. The molecular formula is C22H16N8O6. The highest BCUT2D eigenvalue weighted by Crippen LogP contribution is 2.37. The number of aromatic nitrogens is 3. The summed E-state index contributed by atoms with van der Waals surface area (Å²) in [5, 5.41) is 38.0. The first-order chi connectivity index (χ1) is 17.3. The van der Waals surface area contributed by atoms with Gasteiger partial charge in [0.15, 0.2) is 5.75 Å². The molecule has 0 fully saturated rings. The first-order valence-electron chi connectivity index (χ1n) is 10.2. The molecule has 2 aromatic carbocycles. The van der Waals surface area contributed by atoms with Crippen LogP contribution in [0.15, 0.2) is 75.7 Å². The van der Waals surface area contributed by atoms with E-state index in [9.17, 15) is 24.8 Å². The normalized spacial score (nSPS) is 10.8. The number of aromatic hydroxyl groups is 1. The number of phenols is 1. The van der Waals surface area contributed by atoms with Crippen LogP contribution in [0.25, 0.3) is 11.4 Å². The van der Waals surface area contributed by atoms with Gasteiger partial charge in [-0.1, -0.05) is 22.4 Å². The highest BCUT2D eigenvalue weighted by atomic mass is 16.6. The smallest absolute Gasteiger partial charge is 0.366 e. The molecule has 14 nitrogen and oxygen atoms in total. The summed E-state index contributed by atoms with van der Waals surface area (Å²) >= 11 is 0. The third kappa shape index (κ3) is 5.51. The molecule has 0 bridgehead atoms. The van der Waals surface area contributed by atoms with E-state index >= 15 is 0 Å². The fourth-order valence-electron chi connectivity index (χ4n) is 2.98. The Morgan fingerprint density at radius 3 is 2.56 bits per heavy atom. The predicted octanol–water partition coefficient (Wildman–Crippen LogP) is 4.37. The van der Waals surface area contributed by atoms with Crippen LogP contribution in [0.5, 0.6) is 5.75 Å². The van der Waals surface area contributed by atoms with Gasteiger partial charge < -0.3 is 20.3 Å². The Morgan fingerprint density at radius 2 is 1.86 bits per heavy atom. The molecule has 2 aromatic heterocycles. The molecule has 0 unspecified atom stereocenters. The standard InChI is InChI=1S/C22H16N8O6/c1-12(31)24-17-9-15(10-18(19(17)32)25-21(33)14-5-3-7-23-11-14)27-28-22-26-20(29-36-22)13-4-2-6-16(8-13)30(34)35/h2-11,32H,1H3,(H,24,31)(H,25,33). The number of carbonyl (C=O) groups is 2. The van der Waals surface area contributed by atoms with E-state index in [1.807, 2.05) is 0 Å². The average molecular weight is 488 g/mol. The first kappa shape index (κ1) is 23.6. The van der Waals surface area contributed by atoms with Crippen LogP contribution in [0.2, 0.25) is 0 Å². The minimum atomic E-state index is -0.556. The molecule has 14 heteroatoms. The van der Waals surface area contributed by atoms with Crippen LogP contribution in [0.4, 0.5) is 28.8 Å². The Balaban J connectivity index is 1.61. The zero-order valence-corrected chi connectivity index (χ0v) is 18.4. The predicted molar refractivity (Wildman–Crippen MR) is 125 cm³/mol. The van der Waals surface area contributed by atoms with Crippen LogP contribution in [-0.2, 0) is 4.79 Å². The van der Waals surface area contributed by atoms with Crippen molar-refractivity contribution in [3.05, 3.63) is 76.6 Å². The second kappa shape index (κ2) is 10.2. The van der Waals surface area contributed by atoms with Gasteiger partial charge in [0, 0.05) is 37.0 Å². The zero-order chi connectivity index (χ0) is 25.7. The number of nitrogens with zero attached hydrogens (tertiary/aromatic N) is 6. The number of phenolic OH excluding ortho intramolecular Hbond substituents is 1. The van der Waals surface area contributed by atoms with Gasteiger partial charge in [-0.05, 0) is 24.3 Å². The molecule has 4 aromatic rings. The second-order valence-electron chi connectivity index (χ2n) is 7.17. The Hall–Kier alpha value is -5.53. The van der Waals surface area contributed by atoms with Crippen LogP contribution in [-0.4, -0.2) is 37.0 Å². The summed E-state index contributed by atoms with van der Waals surface area (Å²) in [6, 6.07) is 11.1. The summed E-state index contributed by atoms with van der Waals surface area (Å²) < 4.78 is 5.03. The maximum atomic E-state index is 12.5. The summed E-state index contributed by atoms with van der Waals surface area (Å²) in [6.07, 6.45) is 2.85. The molecule has 2 heterocycles. The topological polar surface area (TPSA) is 198 Å². The lowest BCUT2D eigenvalue weighted by Crippen LogP contribution is -2.13. The van der Waals surface area contributed by atoms with Gasteiger partial charge in [0.1, 0.15) is 0 Å². The number of pyridine rings is 1. The van der Waals surface area contributed by atoms with Crippen LogP contribution < -0.4 is 10.6 Å². The number of nitro benzene ring substituents is 1. The van der Waals surface area contributed by atoms with Crippen molar-refractivity contribution in [2.75, 3.05) is 10.6 Å². The molecule has 2 amide bonds. The number of nitro groups is 1. The van der Waals surface area contributed by atoms with Gasteiger partial charge in [-0.15, -0.1) is 5.11 Å². The molecule has 3 N–H and O–H groups in total. The Kier molecular flexibility index (Phi) is 6.67. The molecular weight excluding hydrogens is 472 g/mol. The van der Waals surface area contributed by atoms with Crippen molar-refractivity contribution in [1.29, 1.82) is 0 Å². The fourth-order valence-corrected chi connectivity index (χ4v) is 2.98. The molecule has 0 aliphatic rings. The van der Waals surface area contributed by atoms with Gasteiger partial charge in [-0.3, -0.25) is 24.7 Å². The van der Waals surface area contributed by atoms with Crippen molar-refractivity contribution in [2.45, 2.75) is 6.92 Å². The number of rotatable bonds is 7. The molecule has 0 aliphatic heterocycles. The number of carbonyl (C=O) groups excluding carboxylic acids is 2. The van der Waals surface area contributed by atoms with E-state index in [4.69, 9.17) is 4.52 Å². The summed E-state index contributed by atoms with van der Waals surface area (Å²) in [5.74, 6) is -1.36. The Labute approximate surface area is 201 Å². The van der Waals surface area contributed by atoms with E-state index in [0.29, 0.717) is 5.56 Å². The number of non-ortho nitro benzene ring substituents is 1. The number of nitrogens with one attached hydrogen (secondary N) is 2. The van der Waals surface area contributed by atoms with Crippen molar-refractivity contribution in [3.8, 4) is 17.1 Å². The van der Waals surface area contributed by atoms with Crippen LogP contribution in [0.3, 0.4) is 0 Å². The van der Waals surface area contributed by atoms with Gasteiger partial charge in [0.25, 0.3) is 11.6 Å². The van der Waals surface area contributed by atoms with Gasteiger partial charge in [0.2, 0.25) is 11.7 Å². The van der Waals surface area contributed by atoms with E-state index in [1.165, 1.54) is 55.7 Å². The lowest BCUT2D eigenvalue weighted by molar-refractivity contribution is -0.384. The Bertz CT molecular complexity index is 1490. The SMILES string of the molecule is CC(=O)Nc1cc(N=Nc2nc(-c3cccc([N+](=O)[O-])c3)no2)cc(NC(=O)c2cccnc2)c1O. The number of amides is 2. The van der Waals surface area contributed by atoms with Gasteiger partial charge in [-0.2, -0.15) is 4.98 Å². The average Bonchev–Trinajstić information content (AvgIpc) is 3.35. The van der Waals surface area contributed by atoms with E-state index in [2.05, 4.69) is 36.0 Å². The molecule has 0 aliphatic carbocycles. The third-order valence-corrected chi connectivity index (χ3v) is 4.56. The number of anilines is 2. The van der Waals surface area contributed by atoms with Crippen LogP contribution >= 0.6 is 0 Å². The highest BCUT2D eigenvalue weighted by Gasteiger charge is 2.16.